The number of amides is 1. The molecule has 0 N–H and O–H groups in total. The van der Waals surface area contributed by atoms with Gasteiger partial charge in [-0.25, -0.2) is 4.99 Å². The first kappa shape index (κ1) is 15.0. The average molecular weight is 311 g/mol. The van der Waals surface area contributed by atoms with E-state index < -0.39 is 11.7 Å². The summed E-state index contributed by atoms with van der Waals surface area (Å²) >= 11 is 0. The van der Waals surface area contributed by atoms with Crippen LogP contribution in [-0.2, 0) is 17.4 Å². The van der Waals surface area contributed by atoms with E-state index in [9.17, 15) is 18.0 Å². The molecule has 0 atom stereocenters. The highest BCUT2D eigenvalue weighted by Crippen LogP contribution is 2.35. The van der Waals surface area contributed by atoms with Gasteiger partial charge in [-0.05, 0) is 30.8 Å². The molecule has 0 aliphatic carbocycles. The summed E-state index contributed by atoms with van der Waals surface area (Å²) in [6.45, 7) is 2.84. The van der Waals surface area contributed by atoms with E-state index >= 15 is 0 Å². The highest BCUT2D eigenvalue weighted by molar-refractivity contribution is 6.40. The Hall–Kier alpha value is -1.89. The molecular formula is C15H16F3N3O. The maximum absolute atomic E-state index is 12.7. The summed E-state index contributed by atoms with van der Waals surface area (Å²) in [7, 11) is 1.99. The van der Waals surface area contributed by atoms with E-state index in [0.29, 0.717) is 30.1 Å². The molecule has 1 aromatic rings. The molecule has 0 saturated carbocycles. The van der Waals surface area contributed by atoms with Crippen LogP contribution in [0.25, 0.3) is 0 Å². The molecule has 22 heavy (non-hydrogen) atoms. The summed E-state index contributed by atoms with van der Waals surface area (Å²) in [6, 6.07) is 3.43. The Morgan fingerprint density at radius 1 is 1.18 bits per heavy atom. The number of rotatable bonds is 1. The van der Waals surface area contributed by atoms with Gasteiger partial charge < -0.3 is 9.80 Å². The Morgan fingerprint density at radius 2 is 1.86 bits per heavy atom. The van der Waals surface area contributed by atoms with Crippen molar-refractivity contribution in [2.45, 2.75) is 12.6 Å². The molecule has 118 valence electrons. The van der Waals surface area contributed by atoms with Crippen LogP contribution in [0, 0.1) is 0 Å². The van der Waals surface area contributed by atoms with E-state index in [0.717, 1.165) is 25.2 Å². The van der Waals surface area contributed by atoms with Crippen LogP contribution in [0.15, 0.2) is 23.2 Å². The fourth-order valence-electron chi connectivity index (χ4n) is 2.69. The standard InChI is InChI=1S/C15H16F3N3O/c1-20-4-6-21(7-5-20)14(22)13-9-10-8-11(15(16,17)18)2-3-12(10)19-13/h2-3,8H,4-7,9H2,1H3. The summed E-state index contributed by atoms with van der Waals surface area (Å²) in [5, 5.41) is 0. The van der Waals surface area contributed by atoms with Crippen LogP contribution in [0.3, 0.4) is 0 Å². The maximum Gasteiger partial charge on any atom is 0.416 e. The summed E-state index contributed by atoms with van der Waals surface area (Å²) < 4.78 is 38.2. The van der Waals surface area contributed by atoms with Gasteiger partial charge in [0.15, 0.2) is 0 Å². The monoisotopic (exact) mass is 311 g/mol. The molecule has 0 aromatic heterocycles. The molecule has 0 radical (unpaired) electrons. The highest BCUT2D eigenvalue weighted by atomic mass is 19.4. The van der Waals surface area contributed by atoms with Crippen LogP contribution >= 0.6 is 0 Å². The predicted molar refractivity (Wildman–Crippen MR) is 76.3 cm³/mol. The minimum Gasteiger partial charge on any atom is -0.335 e. The van der Waals surface area contributed by atoms with Crippen molar-refractivity contribution >= 4 is 17.3 Å². The Balaban J connectivity index is 1.74. The molecule has 2 aliphatic rings. The zero-order valence-electron chi connectivity index (χ0n) is 12.2. The van der Waals surface area contributed by atoms with Gasteiger partial charge in [0, 0.05) is 32.6 Å². The zero-order chi connectivity index (χ0) is 15.9. The lowest BCUT2D eigenvalue weighted by Crippen LogP contribution is -2.49. The number of piperazine rings is 1. The number of alkyl halides is 3. The van der Waals surface area contributed by atoms with Crippen molar-refractivity contribution in [1.29, 1.82) is 0 Å². The van der Waals surface area contributed by atoms with E-state index in [4.69, 9.17) is 0 Å². The average Bonchev–Trinajstić information content (AvgIpc) is 2.89. The second-order valence-corrected chi connectivity index (χ2v) is 5.67. The maximum atomic E-state index is 12.7. The Labute approximate surface area is 126 Å². The zero-order valence-corrected chi connectivity index (χ0v) is 12.2. The third-order valence-corrected chi connectivity index (χ3v) is 4.06. The Morgan fingerprint density at radius 3 is 2.50 bits per heavy atom. The molecule has 0 spiro atoms. The van der Waals surface area contributed by atoms with E-state index in [1.165, 1.54) is 6.07 Å². The summed E-state index contributed by atoms with van der Waals surface area (Å²) in [5.74, 6) is -0.169. The van der Waals surface area contributed by atoms with Crippen molar-refractivity contribution in [2.24, 2.45) is 4.99 Å². The fraction of sp³-hybridized carbons (Fsp3) is 0.467. The van der Waals surface area contributed by atoms with Crippen LogP contribution in [0.1, 0.15) is 11.1 Å². The van der Waals surface area contributed by atoms with E-state index in [1.54, 1.807) is 4.90 Å². The first-order valence-electron chi connectivity index (χ1n) is 7.10. The Kier molecular flexibility index (Phi) is 3.68. The molecule has 1 aromatic carbocycles. The van der Waals surface area contributed by atoms with Crippen LogP contribution in [0.5, 0.6) is 0 Å². The first-order chi connectivity index (χ1) is 10.3. The predicted octanol–water partition coefficient (Wildman–Crippen LogP) is 2.11. The fourth-order valence-corrected chi connectivity index (χ4v) is 2.69. The minimum atomic E-state index is -4.38. The molecular weight excluding hydrogens is 295 g/mol. The normalized spacial score (nSPS) is 19.1. The number of hydrogen-bond acceptors (Lipinski definition) is 3. The number of carbonyl (C=O) groups is 1. The largest absolute Gasteiger partial charge is 0.416 e. The second kappa shape index (κ2) is 5.39. The van der Waals surface area contributed by atoms with Gasteiger partial charge in [-0.3, -0.25) is 4.79 Å². The summed E-state index contributed by atoms with van der Waals surface area (Å²) in [6.07, 6.45) is -4.20. The number of benzene rings is 1. The lowest BCUT2D eigenvalue weighted by atomic mass is 10.1. The van der Waals surface area contributed by atoms with Crippen molar-refractivity contribution < 1.29 is 18.0 Å². The van der Waals surface area contributed by atoms with Crippen LogP contribution in [0.4, 0.5) is 18.9 Å². The molecule has 4 nitrogen and oxygen atoms in total. The Bertz CT molecular complexity index is 631. The lowest BCUT2D eigenvalue weighted by molar-refractivity contribution is -0.137. The number of likely N-dealkylation sites (N-methyl/N-ethyl adjacent to an activating group) is 1. The van der Waals surface area contributed by atoms with Gasteiger partial charge in [-0.2, -0.15) is 13.2 Å². The number of nitrogens with zero attached hydrogens (tertiary/aromatic N) is 3. The lowest BCUT2D eigenvalue weighted by Gasteiger charge is -2.32. The van der Waals surface area contributed by atoms with Crippen LogP contribution in [0.2, 0.25) is 0 Å². The van der Waals surface area contributed by atoms with Gasteiger partial charge in [0.05, 0.1) is 11.3 Å². The number of halogens is 3. The van der Waals surface area contributed by atoms with E-state index in [2.05, 4.69) is 9.89 Å². The number of aliphatic imine (C=N–C) groups is 1. The molecule has 2 aliphatic heterocycles. The quantitative estimate of drug-likeness (QED) is 0.796. The molecule has 7 heteroatoms. The van der Waals surface area contributed by atoms with Gasteiger partial charge in [0.2, 0.25) is 0 Å². The van der Waals surface area contributed by atoms with Crippen molar-refractivity contribution in [2.75, 3.05) is 33.2 Å². The van der Waals surface area contributed by atoms with E-state index in [1.807, 2.05) is 7.05 Å². The van der Waals surface area contributed by atoms with Gasteiger partial charge in [0.25, 0.3) is 5.91 Å². The summed E-state index contributed by atoms with van der Waals surface area (Å²) in [5.41, 5.74) is 0.561. The third-order valence-electron chi connectivity index (χ3n) is 4.06. The van der Waals surface area contributed by atoms with Crippen molar-refractivity contribution in [1.82, 2.24) is 9.80 Å². The molecule has 1 amide bonds. The highest BCUT2D eigenvalue weighted by Gasteiger charge is 2.33. The molecule has 0 unspecified atom stereocenters. The van der Waals surface area contributed by atoms with Crippen molar-refractivity contribution in [3.05, 3.63) is 29.3 Å². The van der Waals surface area contributed by atoms with Gasteiger partial charge in [-0.15, -0.1) is 0 Å². The van der Waals surface area contributed by atoms with Gasteiger partial charge in [-0.1, -0.05) is 0 Å². The number of fused-ring (bicyclic) bond motifs is 1. The molecule has 3 rings (SSSR count). The van der Waals surface area contributed by atoms with Crippen molar-refractivity contribution in [3.63, 3.8) is 0 Å². The SMILES string of the molecule is CN1CCN(C(=O)C2=Nc3ccc(C(F)(F)F)cc3C2)CC1. The second-order valence-electron chi connectivity index (χ2n) is 5.67. The number of hydrogen-bond donors (Lipinski definition) is 0. The smallest absolute Gasteiger partial charge is 0.335 e. The van der Waals surface area contributed by atoms with Crippen LogP contribution < -0.4 is 0 Å². The van der Waals surface area contributed by atoms with Gasteiger partial charge >= 0.3 is 6.18 Å². The third kappa shape index (κ3) is 2.85. The number of carbonyl (C=O) groups excluding carboxylic acids is 1. The molecule has 1 fully saturated rings. The van der Waals surface area contributed by atoms with E-state index in [-0.39, 0.29) is 12.3 Å². The molecule has 2 heterocycles. The molecule has 0 bridgehead atoms. The minimum absolute atomic E-state index is 0.169. The summed E-state index contributed by atoms with van der Waals surface area (Å²) in [4.78, 5) is 20.5. The van der Waals surface area contributed by atoms with Gasteiger partial charge in [0.1, 0.15) is 5.71 Å². The first-order valence-corrected chi connectivity index (χ1v) is 7.10. The van der Waals surface area contributed by atoms with Crippen LogP contribution in [-0.4, -0.2) is 54.6 Å². The molecule has 1 saturated heterocycles. The van der Waals surface area contributed by atoms with Crippen molar-refractivity contribution in [3.8, 4) is 0 Å². The topological polar surface area (TPSA) is 35.9 Å².